The summed E-state index contributed by atoms with van der Waals surface area (Å²) in [7, 11) is 4.11. The molecule has 0 unspecified atom stereocenters. The lowest BCUT2D eigenvalue weighted by Gasteiger charge is -2.29. The fourth-order valence-corrected chi connectivity index (χ4v) is 5.59. The average Bonchev–Trinajstić information content (AvgIpc) is 3.32. The van der Waals surface area contributed by atoms with Gasteiger partial charge in [0.1, 0.15) is 0 Å². The predicted octanol–water partition coefficient (Wildman–Crippen LogP) is 6.04. The highest BCUT2D eigenvalue weighted by Gasteiger charge is 2.43. The van der Waals surface area contributed by atoms with Crippen molar-refractivity contribution in [1.82, 2.24) is 14.9 Å². The van der Waals surface area contributed by atoms with E-state index in [1.165, 1.54) is 28.2 Å². The molecule has 1 aliphatic rings. The van der Waals surface area contributed by atoms with Crippen LogP contribution in [0.25, 0.3) is 5.69 Å². The molecule has 0 spiro atoms. The largest absolute Gasteiger partial charge is 0.378 e. The molecule has 0 saturated carbocycles. The Bertz CT molecular complexity index is 1340. The van der Waals surface area contributed by atoms with E-state index >= 15 is 0 Å². The molecule has 1 fully saturated rings. The zero-order chi connectivity index (χ0) is 24.7. The number of rotatable bonds is 5. The Balaban J connectivity index is 1.70. The third-order valence-corrected chi connectivity index (χ3v) is 7.37. The molecule has 2 atom stereocenters. The zero-order valence-electron chi connectivity index (χ0n) is 20.9. The summed E-state index contributed by atoms with van der Waals surface area (Å²) in [6.07, 6.45) is 1.85. The van der Waals surface area contributed by atoms with Crippen molar-refractivity contribution in [2.75, 3.05) is 23.9 Å². The van der Waals surface area contributed by atoms with E-state index in [-0.39, 0.29) is 12.1 Å². The highest BCUT2D eigenvalue weighted by Crippen LogP contribution is 2.45. The maximum Gasteiger partial charge on any atom is 0.174 e. The van der Waals surface area contributed by atoms with Crippen molar-refractivity contribution in [2.24, 2.45) is 0 Å². The number of aromatic nitrogens is 2. The van der Waals surface area contributed by atoms with Crippen molar-refractivity contribution in [3.05, 3.63) is 107 Å². The molecular formula is C29H31N5S. The Hall–Kier alpha value is -3.64. The van der Waals surface area contributed by atoms with Crippen molar-refractivity contribution >= 4 is 28.7 Å². The van der Waals surface area contributed by atoms with Crippen LogP contribution in [0, 0.1) is 20.8 Å². The van der Waals surface area contributed by atoms with Gasteiger partial charge in [-0.2, -0.15) is 0 Å². The van der Waals surface area contributed by atoms with Crippen LogP contribution in [0.1, 0.15) is 40.3 Å². The van der Waals surface area contributed by atoms with Gasteiger partial charge in [0.25, 0.3) is 0 Å². The van der Waals surface area contributed by atoms with Crippen LogP contribution in [0.5, 0.6) is 0 Å². The minimum Gasteiger partial charge on any atom is -0.378 e. The normalized spacial score (nSPS) is 17.5. The van der Waals surface area contributed by atoms with Gasteiger partial charge in [-0.15, -0.1) is 0 Å². The van der Waals surface area contributed by atoms with Gasteiger partial charge in [0.15, 0.2) is 5.11 Å². The van der Waals surface area contributed by atoms with E-state index in [9.17, 15) is 0 Å². The number of nitrogens with zero attached hydrogens (tertiary/aromatic N) is 4. The second-order valence-corrected chi connectivity index (χ2v) is 9.67. The molecule has 1 saturated heterocycles. The van der Waals surface area contributed by atoms with Crippen LogP contribution in [0.15, 0.2) is 79.0 Å². The van der Waals surface area contributed by atoms with Crippen LogP contribution >= 0.6 is 12.2 Å². The molecule has 0 amide bonds. The fraction of sp³-hybridized carbons (Fsp3) is 0.241. The number of pyridine rings is 1. The van der Waals surface area contributed by atoms with Crippen molar-refractivity contribution in [2.45, 2.75) is 32.9 Å². The number of hydrogen-bond acceptors (Lipinski definition) is 3. The molecule has 2 aromatic heterocycles. The summed E-state index contributed by atoms with van der Waals surface area (Å²) in [5, 5.41) is 4.32. The fourth-order valence-electron chi connectivity index (χ4n) is 5.24. The third-order valence-electron chi connectivity index (χ3n) is 7.06. The lowest BCUT2D eigenvalue weighted by atomic mass is 9.93. The molecule has 0 radical (unpaired) electrons. The number of thiocarbonyl (C=S) groups is 1. The topological polar surface area (TPSA) is 36.3 Å². The Morgan fingerprint density at radius 2 is 1.51 bits per heavy atom. The van der Waals surface area contributed by atoms with Crippen molar-refractivity contribution < 1.29 is 0 Å². The molecule has 2 aromatic carbocycles. The van der Waals surface area contributed by atoms with Crippen molar-refractivity contribution in [1.29, 1.82) is 0 Å². The Labute approximate surface area is 213 Å². The lowest BCUT2D eigenvalue weighted by molar-refractivity contribution is 0.563. The maximum absolute atomic E-state index is 5.95. The first-order valence-electron chi connectivity index (χ1n) is 11.9. The summed E-state index contributed by atoms with van der Waals surface area (Å²) < 4.78 is 2.36. The number of hydrogen-bond donors (Lipinski definition) is 1. The van der Waals surface area contributed by atoms with Gasteiger partial charge in [-0.05, 0) is 87.1 Å². The minimum atomic E-state index is -0.0688. The summed E-state index contributed by atoms with van der Waals surface area (Å²) in [6, 6.07) is 25.1. The summed E-state index contributed by atoms with van der Waals surface area (Å²) in [5.41, 5.74) is 9.40. The van der Waals surface area contributed by atoms with Crippen LogP contribution in [-0.2, 0) is 0 Å². The zero-order valence-corrected chi connectivity index (χ0v) is 21.7. The van der Waals surface area contributed by atoms with E-state index in [4.69, 9.17) is 17.2 Å². The van der Waals surface area contributed by atoms with Gasteiger partial charge in [0.05, 0.1) is 17.8 Å². The summed E-state index contributed by atoms with van der Waals surface area (Å²) in [5.74, 6) is 0. The van der Waals surface area contributed by atoms with E-state index in [1.807, 2.05) is 18.3 Å². The third kappa shape index (κ3) is 3.98. The molecule has 35 heavy (non-hydrogen) atoms. The van der Waals surface area contributed by atoms with Crippen LogP contribution in [-0.4, -0.2) is 28.8 Å². The molecule has 5 nitrogen and oxygen atoms in total. The first kappa shape index (κ1) is 23.1. The summed E-state index contributed by atoms with van der Waals surface area (Å²) >= 11 is 5.95. The second kappa shape index (κ2) is 9.19. The monoisotopic (exact) mass is 481 g/mol. The van der Waals surface area contributed by atoms with E-state index in [2.05, 4.69) is 115 Å². The highest BCUT2D eigenvalue weighted by atomic mass is 32.1. The predicted molar refractivity (Wildman–Crippen MR) is 149 cm³/mol. The van der Waals surface area contributed by atoms with Gasteiger partial charge in [0, 0.05) is 54.3 Å². The van der Waals surface area contributed by atoms with Crippen LogP contribution in [0.3, 0.4) is 0 Å². The van der Waals surface area contributed by atoms with Crippen molar-refractivity contribution in [3.8, 4) is 5.69 Å². The van der Waals surface area contributed by atoms with Crippen LogP contribution in [0.4, 0.5) is 11.4 Å². The molecule has 0 aliphatic carbocycles. The first-order chi connectivity index (χ1) is 16.9. The molecule has 4 aromatic rings. The smallest absolute Gasteiger partial charge is 0.174 e. The second-order valence-electron chi connectivity index (χ2n) is 9.29. The van der Waals surface area contributed by atoms with E-state index < -0.39 is 0 Å². The van der Waals surface area contributed by atoms with Gasteiger partial charge >= 0.3 is 0 Å². The Morgan fingerprint density at radius 3 is 2.14 bits per heavy atom. The summed E-state index contributed by atoms with van der Waals surface area (Å²) in [6.45, 7) is 6.64. The average molecular weight is 482 g/mol. The SMILES string of the molecule is Cc1c([C@H]2[C@H](c3ccccn3)NC(=S)N2c2ccc(N(C)C)cc2)c(C)n(-c2ccccc2)c1C. The minimum absolute atomic E-state index is 0.0359. The van der Waals surface area contributed by atoms with Gasteiger partial charge in [-0.1, -0.05) is 24.3 Å². The standard InChI is InChI=1S/C29H31N5S/c1-19-20(2)33(23-11-7-6-8-12-23)21(3)26(19)28-27(25-13-9-10-18-30-25)31-29(35)34(28)24-16-14-22(15-17-24)32(4)5/h6-18,27-28H,1-5H3,(H,31,35)/t27-,28-/m0/s1. The molecular weight excluding hydrogens is 450 g/mol. The van der Waals surface area contributed by atoms with E-state index in [1.54, 1.807) is 0 Å². The van der Waals surface area contributed by atoms with Crippen molar-refractivity contribution in [3.63, 3.8) is 0 Å². The maximum atomic E-state index is 5.95. The van der Waals surface area contributed by atoms with Gasteiger partial charge in [0.2, 0.25) is 0 Å². The number of para-hydroxylation sites is 1. The number of anilines is 2. The van der Waals surface area contributed by atoms with Gasteiger partial charge in [-0.3, -0.25) is 4.98 Å². The molecule has 0 bridgehead atoms. The van der Waals surface area contributed by atoms with Gasteiger partial charge in [-0.25, -0.2) is 0 Å². The number of benzene rings is 2. The molecule has 1 N–H and O–H groups in total. The van der Waals surface area contributed by atoms with E-state index in [0.717, 1.165) is 17.1 Å². The van der Waals surface area contributed by atoms with E-state index in [0.29, 0.717) is 5.11 Å². The molecule has 178 valence electrons. The summed E-state index contributed by atoms with van der Waals surface area (Å²) in [4.78, 5) is 9.09. The first-order valence-corrected chi connectivity index (χ1v) is 12.3. The lowest BCUT2D eigenvalue weighted by Crippen LogP contribution is -2.29. The quantitative estimate of drug-likeness (QED) is 0.352. The van der Waals surface area contributed by atoms with Crippen LogP contribution < -0.4 is 15.1 Å². The molecule has 5 rings (SSSR count). The van der Waals surface area contributed by atoms with Gasteiger partial charge < -0.3 is 19.7 Å². The Kier molecular flexibility index (Phi) is 6.07. The number of nitrogens with one attached hydrogen (secondary N) is 1. The van der Waals surface area contributed by atoms with Crippen LogP contribution in [0.2, 0.25) is 0 Å². The highest BCUT2D eigenvalue weighted by molar-refractivity contribution is 7.80. The molecule has 3 heterocycles. The molecule has 1 aliphatic heterocycles. The molecule has 6 heteroatoms. The Morgan fingerprint density at radius 1 is 0.829 bits per heavy atom.